The van der Waals surface area contributed by atoms with Crippen molar-refractivity contribution in [1.29, 1.82) is 0 Å². The number of ketones is 1. The van der Waals surface area contributed by atoms with E-state index in [1.54, 1.807) is 0 Å². The second-order valence-corrected chi connectivity index (χ2v) is 8.09. The van der Waals surface area contributed by atoms with Gasteiger partial charge in [0.15, 0.2) is 15.6 Å². The van der Waals surface area contributed by atoms with Gasteiger partial charge in [0.2, 0.25) is 0 Å². The van der Waals surface area contributed by atoms with Crippen LogP contribution in [0.15, 0.2) is 23.1 Å². The Hall–Kier alpha value is -1.60. The van der Waals surface area contributed by atoms with Crippen molar-refractivity contribution in [2.24, 2.45) is 0 Å². The maximum Gasteiger partial charge on any atom is 0.281 e. The van der Waals surface area contributed by atoms with Crippen LogP contribution in [0.1, 0.15) is 42.1 Å². The van der Waals surface area contributed by atoms with Crippen LogP contribution in [0.2, 0.25) is 0 Å². The zero-order chi connectivity index (χ0) is 17.0. The molecule has 1 aromatic carbocycles. The molecule has 0 fully saturated rings. The average molecular weight is 342 g/mol. The van der Waals surface area contributed by atoms with Gasteiger partial charge in [0, 0.05) is 24.7 Å². The molecule has 0 unspecified atom stereocenters. The summed E-state index contributed by atoms with van der Waals surface area (Å²) in [4.78, 5) is 11.3. The van der Waals surface area contributed by atoms with Gasteiger partial charge in [0.25, 0.3) is 5.92 Å². The first-order valence-corrected chi connectivity index (χ1v) is 9.16. The highest BCUT2D eigenvalue weighted by Crippen LogP contribution is 2.48. The van der Waals surface area contributed by atoms with E-state index in [-0.39, 0.29) is 21.8 Å². The van der Waals surface area contributed by atoms with Gasteiger partial charge >= 0.3 is 0 Å². The summed E-state index contributed by atoms with van der Waals surface area (Å²) in [5.74, 6) is -3.49. The predicted molar refractivity (Wildman–Crippen MR) is 80.0 cm³/mol. The van der Waals surface area contributed by atoms with Crippen LogP contribution >= 0.6 is 0 Å². The maximum atomic E-state index is 14.0. The topological polar surface area (TPSA) is 71.4 Å². The van der Waals surface area contributed by atoms with Gasteiger partial charge in [0.05, 0.1) is 4.90 Å². The molecule has 0 saturated heterocycles. The normalized spacial score (nSPS) is 23.6. The Balaban J connectivity index is 2.26. The van der Waals surface area contributed by atoms with E-state index in [4.69, 9.17) is 0 Å². The fraction of sp³-hybridized carbons (Fsp3) is 0.438. The number of hydrogen-bond acceptors (Lipinski definition) is 4. The van der Waals surface area contributed by atoms with E-state index in [1.807, 2.05) is 0 Å². The van der Waals surface area contributed by atoms with Crippen LogP contribution in [0.4, 0.5) is 8.78 Å². The molecule has 7 heteroatoms. The van der Waals surface area contributed by atoms with E-state index >= 15 is 0 Å². The molecule has 0 aromatic heterocycles. The third-order valence-corrected chi connectivity index (χ3v) is 5.51. The number of aliphatic hydroxyl groups excluding tert-OH is 1. The summed E-state index contributed by atoms with van der Waals surface area (Å²) in [5.41, 5.74) is 0.972. The van der Waals surface area contributed by atoms with Crippen molar-refractivity contribution in [3.05, 3.63) is 34.9 Å². The number of fused-ring (bicyclic) bond motifs is 1. The molecule has 3 rings (SSSR count). The second kappa shape index (κ2) is 5.21. The van der Waals surface area contributed by atoms with E-state index in [0.29, 0.717) is 30.4 Å². The zero-order valence-electron chi connectivity index (χ0n) is 12.5. The minimum absolute atomic E-state index is 0.0718. The van der Waals surface area contributed by atoms with Crippen LogP contribution in [0, 0.1) is 0 Å². The van der Waals surface area contributed by atoms with Gasteiger partial charge in [-0.05, 0) is 41.7 Å². The van der Waals surface area contributed by atoms with E-state index in [2.05, 4.69) is 0 Å². The predicted octanol–water partition coefficient (Wildman–Crippen LogP) is 2.45. The van der Waals surface area contributed by atoms with Gasteiger partial charge in [-0.1, -0.05) is 6.07 Å². The van der Waals surface area contributed by atoms with Gasteiger partial charge in [0.1, 0.15) is 6.10 Å². The van der Waals surface area contributed by atoms with E-state index < -0.39 is 28.3 Å². The van der Waals surface area contributed by atoms with Gasteiger partial charge in [-0.2, -0.15) is 0 Å². The minimum Gasteiger partial charge on any atom is -0.382 e. The lowest BCUT2D eigenvalue weighted by atomic mass is 9.89. The molecule has 1 N–H and O–H groups in total. The molecule has 2 aliphatic carbocycles. The van der Waals surface area contributed by atoms with Crippen LogP contribution in [-0.4, -0.2) is 31.5 Å². The molecule has 23 heavy (non-hydrogen) atoms. The molecule has 1 atom stereocenters. The lowest BCUT2D eigenvalue weighted by molar-refractivity contribution is -0.114. The summed E-state index contributed by atoms with van der Waals surface area (Å²) < 4.78 is 51.7. The van der Waals surface area contributed by atoms with E-state index in [9.17, 15) is 27.1 Å². The number of rotatable bonds is 2. The molecule has 0 bridgehead atoms. The minimum atomic E-state index is -3.75. The SMILES string of the molecule is CS(=O)(=O)c1ccc(C2=CC(=O)CCC2)c2c1[C@H](O)C(F)(F)C2. The zero-order valence-corrected chi connectivity index (χ0v) is 13.3. The van der Waals surface area contributed by atoms with Crippen LogP contribution in [0.5, 0.6) is 0 Å². The fourth-order valence-corrected chi connectivity index (χ4v) is 4.25. The summed E-state index contributed by atoms with van der Waals surface area (Å²) in [5, 5.41) is 9.93. The summed E-state index contributed by atoms with van der Waals surface area (Å²) in [7, 11) is -3.75. The lowest BCUT2D eigenvalue weighted by Crippen LogP contribution is -2.22. The summed E-state index contributed by atoms with van der Waals surface area (Å²) in [6.07, 6.45) is 1.10. The number of alkyl halides is 2. The fourth-order valence-electron chi connectivity index (χ4n) is 3.31. The van der Waals surface area contributed by atoms with Crippen molar-refractivity contribution < 1.29 is 27.1 Å². The maximum absolute atomic E-state index is 14.0. The van der Waals surface area contributed by atoms with Crippen molar-refractivity contribution in [3.63, 3.8) is 0 Å². The second-order valence-electron chi connectivity index (χ2n) is 6.11. The van der Waals surface area contributed by atoms with Crippen molar-refractivity contribution >= 4 is 21.2 Å². The standard InChI is InChI=1S/C16H16F2O4S/c1-23(21,22)13-6-5-11(9-3-2-4-10(19)7-9)12-8-16(17,18)15(20)14(12)13/h5-7,15,20H,2-4,8H2,1H3/t15-/m0/s1. The highest BCUT2D eigenvalue weighted by molar-refractivity contribution is 7.90. The van der Waals surface area contributed by atoms with Crippen molar-refractivity contribution in [2.45, 2.75) is 42.6 Å². The Morgan fingerprint density at radius 2 is 1.96 bits per heavy atom. The average Bonchev–Trinajstić information content (AvgIpc) is 2.67. The van der Waals surface area contributed by atoms with Gasteiger partial charge in [-0.3, -0.25) is 4.79 Å². The first-order chi connectivity index (χ1) is 10.6. The molecule has 1 aromatic rings. The molecule has 2 aliphatic rings. The molecule has 0 amide bonds. The van der Waals surface area contributed by atoms with Crippen molar-refractivity contribution in [3.8, 4) is 0 Å². The Morgan fingerprint density at radius 1 is 1.26 bits per heavy atom. The van der Waals surface area contributed by atoms with Crippen LogP contribution in [0.25, 0.3) is 5.57 Å². The molecule has 0 spiro atoms. The number of benzene rings is 1. The molecule has 0 saturated carbocycles. The van der Waals surface area contributed by atoms with Gasteiger partial charge < -0.3 is 5.11 Å². The number of aliphatic hydroxyl groups is 1. The molecule has 124 valence electrons. The summed E-state index contributed by atoms with van der Waals surface area (Å²) >= 11 is 0. The molecular formula is C16H16F2O4S. The first-order valence-electron chi connectivity index (χ1n) is 7.27. The van der Waals surface area contributed by atoms with E-state index in [1.165, 1.54) is 18.2 Å². The largest absolute Gasteiger partial charge is 0.382 e. The Bertz CT molecular complexity index is 825. The van der Waals surface area contributed by atoms with Gasteiger partial charge in [-0.15, -0.1) is 0 Å². The molecule has 0 radical (unpaired) electrons. The summed E-state index contributed by atoms with van der Waals surface area (Å²) in [6, 6.07) is 2.71. The molecule has 0 heterocycles. The Labute approximate surface area is 132 Å². The highest BCUT2D eigenvalue weighted by atomic mass is 32.2. The number of sulfone groups is 1. The lowest BCUT2D eigenvalue weighted by Gasteiger charge is -2.18. The first kappa shape index (κ1) is 16.3. The van der Waals surface area contributed by atoms with Crippen LogP contribution < -0.4 is 0 Å². The van der Waals surface area contributed by atoms with E-state index in [0.717, 1.165) is 6.26 Å². The highest BCUT2D eigenvalue weighted by Gasteiger charge is 2.50. The molecular weight excluding hydrogens is 326 g/mol. The summed E-state index contributed by atoms with van der Waals surface area (Å²) in [6.45, 7) is 0. The quantitative estimate of drug-likeness (QED) is 0.896. The third kappa shape index (κ3) is 2.72. The number of hydrogen-bond donors (Lipinski definition) is 1. The Kier molecular flexibility index (Phi) is 3.68. The Morgan fingerprint density at radius 3 is 2.57 bits per heavy atom. The number of carbonyl (C=O) groups is 1. The molecule has 0 aliphatic heterocycles. The monoisotopic (exact) mass is 342 g/mol. The number of allylic oxidation sites excluding steroid dienone is 2. The smallest absolute Gasteiger partial charge is 0.281 e. The van der Waals surface area contributed by atoms with Gasteiger partial charge in [-0.25, -0.2) is 17.2 Å². The van der Waals surface area contributed by atoms with Crippen molar-refractivity contribution in [1.82, 2.24) is 0 Å². The third-order valence-electron chi connectivity index (χ3n) is 4.35. The molecule has 4 nitrogen and oxygen atoms in total. The number of carbonyl (C=O) groups excluding carboxylic acids is 1. The number of halogens is 2. The van der Waals surface area contributed by atoms with Crippen molar-refractivity contribution in [2.75, 3.05) is 6.26 Å². The van der Waals surface area contributed by atoms with Crippen LogP contribution in [-0.2, 0) is 21.1 Å². The van der Waals surface area contributed by atoms with Crippen LogP contribution in [0.3, 0.4) is 0 Å².